The fraction of sp³-hybridized carbons (Fsp3) is 0.826. The number of hydrogen-bond acceptors (Lipinski definition) is 4. The van der Waals surface area contributed by atoms with E-state index in [2.05, 4.69) is 140 Å². The molecule has 0 spiro atoms. The molecule has 0 aromatic heterocycles. The Hall–Kier alpha value is -0.596. The predicted molar refractivity (Wildman–Crippen MR) is 137 cm³/mol. The first-order valence-electron chi connectivity index (χ1n) is 11.4. The molecule has 0 bridgehead atoms. The summed E-state index contributed by atoms with van der Waals surface area (Å²) < 4.78 is 10.6. The normalized spacial score (nSPS) is 22.1. The lowest BCUT2D eigenvalue weighted by atomic mass is 10.1. The monoisotopic (exact) mass is 470 g/mol. The van der Waals surface area contributed by atoms with Crippen molar-refractivity contribution in [1.29, 1.82) is 0 Å². The second-order valence-electron chi connectivity index (χ2n) is 13.2. The SMILES string of the molecule is CC(C)[Si]1([Si]2(Cl)N(C(C)(C)C)C=CN2C(C)(C)C)N(C(C)(C)C)C=CN1C(C)(C)C. The molecule has 2 aliphatic rings. The van der Waals surface area contributed by atoms with Crippen molar-refractivity contribution in [1.82, 2.24) is 18.3 Å². The Labute approximate surface area is 193 Å². The highest BCUT2D eigenvalue weighted by Gasteiger charge is 2.77. The van der Waals surface area contributed by atoms with E-state index in [9.17, 15) is 0 Å². The lowest BCUT2D eigenvalue weighted by Crippen LogP contribution is -2.89. The van der Waals surface area contributed by atoms with Crippen molar-refractivity contribution < 1.29 is 0 Å². The average Bonchev–Trinajstić information content (AvgIpc) is 3.04. The third kappa shape index (κ3) is 3.64. The molecule has 7 heteroatoms. The van der Waals surface area contributed by atoms with Crippen LogP contribution in [0.2, 0.25) is 5.54 Å². The minimum atomic E-state index is -2.79. The van der Waals surface area contributed by atoms with Gasteiger partial charge in [0.15, 0.2) is 0 Å². The molecule has 4 nitrogen and oxygen atoms in total. The van der Waals surface area contributed by atoms with Gasteiger partial charge in [-0.2, -0.15) is 0 Å². The summed E-state index contributed by atoms with van der Waals surface area (Å²) >= 11 is 8.30. The molecule has 0 N–H and O–H groups in total. The molecule has 2 aliphatic heterocycles. The largest absolute Gasteiger partial charge is 0.395 e. The van der Waals surface area contributed by atoms with E-state index in [4.69, 9.17) is 11.1 Å². The quantitative estimate of drug-likeness (QED) is 0.338. The molecule has 0 radical (unpaired) electrons. The van der Waals surface area contributed by atoms with Gasteiger partial charge in [-0.3, -0.25) is 0 Å². The van der Waals surface area contributed by atoms with E-state index in [1.807, 2.05) is 0 Å². The summed E-state index contributed by atoms with van der Waals surface area (Å²) in [5.41, 5.74) is 0.281. The molecule has 30 heavy (non-hydrogen) atoms. The van der Waals surface area contributed by atoms with Crippen molar-refractivity contribution >= 4 is 26.2 Å². The van der Waals surface area contributed by atoms with Crippen LogP contribution in [0.25, 0.3) is 0 Å². The first-order chi connectivity index (χ1) is 13.1. The van der Waals surface area contributed by atoms with E-state index in [1.165, 1.54) is 0 Å². The van der Waals surface area contributed by atoms with E-state index >= 15 is 0 Å². The van der Waals surface area contributed by atoms with Crippen LogP contribution < -0.4 is 0 Å². The Bertz CT molecular complexity index is 657. The van der Waals surface area contributed by atoms with Crippen LogP contribution in [0.4, 0.5) is 0 Å². The van der Waals surface area contributed by atoms with Gasteiger partial charge in [-0.05, 0) is 88.6 Å². The van der Waals surface area contributed by atoms with Gasteiger partial charge in [-0.25, -0.2) is 0 Å². The van der Waals surface area contributed by atoms with E-state index in [0.717, 1.165) is 0 Å². The fourth-order valence-corrected chi connectivity index (χ4v) is 30.4. The standard InChI is InChI=1S/C23H47ClN4Si2/c1-19(2)29(25(20(3,4)5)15-16-26(29)21(6,7)8)30(24)27(22(9,10)11)17-18-28(30)23(12,13)14/h15-19H,1-14H3. The lowest BCUT2D eigenvalue weighted by molar-refractivity contribution is 0.241. The van der Waals surface area contributed by atoms with Crippen LogP contribution in [0.5, 0.6) is 0 Å². The van der Waals surface area contributed by atoms with Gasteiger partial charge in [0, 0.05) is 47.0 Å². The topological polar surface area (TPSA) is 13.0 Å². The highest BCUT2D eigenvalue weighted by molar-refractivity contribution is 7.56. The summed E-state index contributed by atoms with van der Waals surface area (Å²) in [6.07, 6.45) is 9.30. The maximum absolute atomic E-state index is 8.30. The molecule has 0 aliphatic carbocycles. The second-order valence-corrected chi connectivity index (χ2v) is 25.8. The maximum atomic E-state index is 8.30. The molecule has 0 saturated heterocycles. The maximum Gasteiger partial charge on any atom is 0.395 e. The Kier molecular flexibility index (Phi) is 6.16. The van der Waals surface area contributed by atoms with Gasteiger partial charge in [0.05, 0.1) is 0 Å². The van der Waals surface area contributed by atoms with Crippen LogP contribution in [-0.2, 0) is 0 Å². The van der Waals surface area contributed by atoms with Gasteiger partial charge in [-0.15, -0.1) is 11.1 Å². The summed E-state index contributed by atoms with van der Waals surface area (Å²) in [5.74, 6) is 0. The highest BCUT2D eigenvalue weighted by atomic mass is 35.6. The van der Waals surface area contributed by atoms with Crippen LogP contribution >= 0.6 is 11.1 Å². The van der Waals surface area contributed by atoms with E-state index in [1.54, 1.807) is 0 Å². The van der Waals surface area contributed by atoms with Gasteiger partial charge in [-0.1, -0.05) is 13.8 Å². The minimum absolute atomic E-state index is 0.0163. The number of hydrogen-bond donors (Lipinski definition) is 0. The smallest absolute Gasteiger partial charge is 0.379 e. The minimum Gasteiger partial charge on any atom is -0.379 e. The van der Waals surface area contributed by atoms with Crippen molar-refractivity contribution in [3.8, 4) is 0 Å². The zero-order chi connectivity index (χ0) is 23.7. The molecule has 174 valence electrons. The number of halogens is 1. The molecule has 0 unspecified atom stereocenters. The third-order valence-electron chi connectivity index (χ3n) is 6.27. The fourth-order valence-electron chi connectivity index (χ4n) is 5.31. The first kappa shape index (κ1) is 25.7. The van der Waals surface area contributed by atoms with Crippen LogP contribution in [0.3, 0.4) is 0 Å². The van der Waals surface area contributed by atoms with Gasteiger partial charge >= 0.3 is 15.1 Å². The summed E-state index contributed by atoms with van der Waals surface area (Å²) in [5, 5.41) is 0. The predicted octanol–water partition coefficient (Wildman–Crippen LogP) is 6.47. The number of rotatable bonds is 2. The van der Waals surface area contributed by atoms with Crippen molar-refractivity contribution in [2.45, 2.75) is 125 Å². The van der Waals surface area contributed by atoms with Crippen LogP contribution in [-0.4, -0.2) is 55.6 Å². The van der Waals surface area contributed by atoms with Gasteiger partial charge in [0.25, 0.3) is 0 Å². The van der Waals surface area contributed by atoms with Crippen molar-refractivity contribution in [2.24, 2.45) is 0 Å². The molecule has 0 saturated carbocycles. The summed E-state index contributed by atoms with van der Waals surface area (Å²) in [6.45, 7) is 32.7. The lowest BCUT2D eigenvalue weighted by Gasteiger charge is -2.64. The molecule has 0 amide bonds. The van der Waals surface area contributed by atoms with Crippen LogP contribution in [0.1, 0.15) is 96.9 Å². The Morgan fingerprint density at radius 1 is 0.533 bits per heavy atom. The zero-order valence-electron chi connectivity index (χ0n) is 22.1. The van der Waals surface area contributed by atoms with E-state index in [0.29, 0.717) is 5.54 Å². The molecule has 0 aromatic rings. The van der Waals surface area contributed by atoms with E-state index < -0.39 is 15.1 Å². The van der Waals surface area contributed by atoms with Gasteiger partial charge in [0.2, 0.25) is 0 Å². The Morgan fingerprint density at radius 2 is 0.767 bits per heavy atom. The summed E-state index contributed by atoms with van der Waals surface area (Å²) in [6, 6.07) is 0. The second kappa shape index (κ2) is 7.21. The molecule has 0 aromatic carbocycles. The Morgan fingerprint density at radius 3 is 0.967 bits per heavy atom. The van der Waals surface area contributed by atoms with Gasteiger partial charge in [0.1, 0.15) is 0 Å². The molecule has 0 fully saturated rings. The molecule has 2 rings (SSSR count). The average molecular weight is 471 g/mol. The summed E-state index contributed by atoms with van der Waals surface area (Å²) in [4.78, 5) is 0. The third-order valence-corrected chi connectivity index (χ3v) is 25.9. The van der Waals surface area contributed by atoms with Crippen molar-refractivity contribution in [3.63, 3.8) is 0 Å². The van der Waals surface area contributed by atoms with Crippen LogP contribution in [0, 0.1) is 0 Å². The molecule has 2 heterocycles. The molecular formula is C23H47ClN4Si2. The molecule has 0 atom stereocenters. The number of nitrogens with zero attached hydrogens (tertiary/aromatic N) is 4. The Balaban J connectivity index is 2.99. The van der Waals surface area contributed by atoms with Crippen molar-refractivity contribution in [2.75, 3.05) is 0 Å². The van der Waals surface area contributed by atoms with Crippen molar-refractivity contribution in [3.05, 3.63) is 24.8 Å². The van der Waals surface area contributed by atoms with Gasteiger partial charge < -0.3 is 18.3 Å². The zero-order valence-corrected chi connectivity index (χ0v) is 24.8. The highest BCUT2D eigenvalue weighted by Crippen LogP contribution is 2.54. The van der Waals surface area contributed by atoms with E-state index in [-0.39, 0.29) is 22.2 Å². The molecular weight excluding hydrogens is 424 g/mol. The van der Waals surface area contributed by atoms with Crippen LogP contribution in [0.15, 0.2) is 24.8 Å². The summed E-state index contributed by atoms with van der Waals surface area (Å²) in [7, 11) is -5.31. The first-order valence-corrected chi connectivity index (χ1v) is 17.2.